The van der Waals surface area contributed by atoms with Gasteiger partial charge in [-0.15, -0.1) is 0 Å². The molecule has 5 nitrogen and oxygen atoms in total. The number of rotatable bonds is 3. The van der Waals surface area contributed by atoms with Crippen molar-refractivity contribution >= 4 is 9.84 Å². The SMILES string of the molecule is Cc1ccc(S(=O)(=O)[C@@H]2[C@@H](C#N)[C@@H]2c2ccc3c(c2)OCO3)cc1. The van der Waals surface area contributed by atoms with Crippen molar-refractivity contribution in [3.63, 3.8) is 0 Å². The molecule has 3 atom stereocenters. The van der Waals surface area contributed by atoms with Crippen molar-refractivity contribution < 1.29 is 17.9 Å². The average molecular weight is 341 g/mol. The van der Waals surface area contributed by atoms with E-state index in [1.54, 1.807) is 36.4 Å². The predicted molar refractivity (Wildman–Crippen MR) is 86.6 cm³/mol. The van der Waals surface area contributed by atoms with Crippen molar-refractivity contribution in [1.29, 1.82) is 5.26 Å². The molecule has 4 rings (SSSR count). The van der Waals surface area contributed by atoms with Gasteiger partial charge in [-0.25, -0.2) is 8.42 Å². The number of nitrogens with zero attached hydrogens (tertiary/aromatic N) is 1. The fourth-order valence-electron chi connectivity index (χ4n) is 3.23. The molecule has 1 aliphatic heterocycles. The van der Waals surface area contributed by atoms with Crippen LogP contribution in [0.2, 0.25) is 0 Å². The van der Waals surface area contributed by atoms with E-state index in [1.165, 1.54) is 0 Å². The fraction of sp³-hybridized carbons (Fsp3) is 0.278. The summed E-state index contributed by atoms with van der Waals surface area (Å²) in [7, 11) is -3.55. The number of sulfone groups is 1. The van der Waals surface area contributed by atoms with E-state index in [0.717, 1.165) is 11.1 Å². The number of fused-ring (bicyclic) bond motifs is 1. The Morgan fingerprint density at radius 2 is 1.79 bits per heavy atom. The molecule has 6 heteroatoms. The van der Waals surface area contributed by atoms with Crippen molar-refractivity contribution in [2.45, 2.75) is 23.0 Å². The topological polar surface area (TPSA) is 76.4 Å². The second-order valence-electron chi connectivity index (χ2n) is 6.12. The standard InChI is InChI=1S/C18H15NO4S/c1-11-2-5-13(6-3-11)24(20,21)18-14(9-19)17(18)12-4-7-15-16(8-12)23-10-22-15/h2-8,14,17-18H,10H2,1H3/t14-,17-,18+/m0/s1. The van der Waals surface area contributed by atoms with E-state index in [9.17, 15) is 13.7 Å². The van der Waals surface area contributed by atoms with Gasteiger partial charge in [-0.2, -0.15) is 5.26 Å². The lowest BCUT2D eigenvalue weighted by atomic mass is 10.1. The third-order valence-corrected chi connectivity index (χ3v) is 6.82. The Kier molecular flexibility index (Phi) is 3.29. The molecule has 0 saturated heterocycles. The first-order valence-electron chi connectivity index (χ1n) is 7.62. The maximum absolute atomic E-state index is 12.9. The number of hydrogen-bond donors (Lipinski definition) is 0. The molecule has 0 spiro atoms. The molecule has 122 valence electrons. The van der Waals surface area contributed by atoms with Crippen LogP contribution in [0.3, 0.4) is 0 Å². The Labute approximate surface area is 140 Å². The number of aryl methyl sites for hydroxylation is 1. The van der Waals surface area contributed by atoms with Crippen LogP contribution in [-0.2, 0) is 9.84 Å². The molecular weight excluding hydrogens is 326 g/mol. The van der Waals surface area contributed by atoms with Crippen LogP contribution < -0.4 is 9.47 Å². The van der Waals surface area contributed by atoms with E-state index >= 15 is 0 Å². The van der Waals surface area contributed by atoms with Crippen molar-refractivity contribution in [2.75, 3.05) is 6.79 Å². The molecule has 0 bridgehead atoms. The van der Waals surface area contributed by atoms with Crippen molar-refractivity contribution in [1.82, 2.24) is 0 Å². The van der Waals surface area contributed by atoms with Crippen LogP contribution >= 0.6 is 0 Å². The van der Waals surface area contributed by atoms with Gasteiger partial charge in [0, 0.05) is 5.92 Å². The first kappa shape index (κ1) is 15.0. The maximum Gasteiger partial charge on any atom is 0.231 e. The molecule has 0 unspecified atom stereocenters. The van der Waals surface area contributed by atoms with Gasteiger partial charge in [-0.05, 0) is 36.8 Å². The summed E-state index contributed by atoms with van der Waals surface area (Å²) in [5, 5.41) is 8.67. The molecule has 1 heterocycles. The Bertz CT molecular complexity index is 944. The van der Waals surface area contributed by atoms with Crippen LogP contribution in [0.5, 0.6) is 11.5 Å². The predicted octanol–water partition coefficient (Wildman–Crippen LogP) is 2.80. The molecule has 2 aromatic rings. The van der Waals surface area contributed by atoms with Gasteiger partial charge in [0.05, 0.1) is 22.1 Å². The smallest absolute Gasteiger partial charge is 0.231 e. The molecule has 0 radical (unpaired) electrons. The molecule has 24 heavy (non-hydrogen) atoms. The minimum absolute atomic E-state index is 0.163. The molecular formula is C18H15NO4S. The molecule has 0 N–H and O–H groups in total. The highest BCUT2D eigenvalue weighted by molar-refractivity contribution is 7.92. The quantitative estimate of drug-likeness (QED) is 0.858. The van der Waals surface area contributed by atoms with Gasteiger partial charge >= 0.3 is 0 Å². The zero-order valence-corrected chi connectivity index (χ0v) is 13.8. The molecule has 0 aromatic heterocycles. The summed E-state index contributed by atoms with van der Waals surface area (Å²) in [6.45, 7) is 2.07. The maximum atomic E-state index is 12.9. The van der Waals surface area contributed by atoms with Crippen molar-refractivity contribution in [2.24, 2.45) is 5.92 Å². The Hall–Kier alpha value is -2.52. The second kappa shape index (κ2) is 5.25. The summed E-state index contributed by atoms with van der Waals surface area (Å²) >= 11 is 0. The zero-order chi connectivity index (χ0) is 16.9. The molecule has 1 saturated carbocycles. The molecule has 0 amide bonds. The number of benzene rings is 2. The van der Waals surface area contributed by atoms with E-state index in [0.29, 0.717) is 11.5 Å². The number of ether oxygens (including phenoxy) is 2. The monoisotopic (exact) mass is 341 g/mol. The molecule has 2 aliphatic rings. The van der Waals surface area contributed by atoms with E-state index in [1.807, 2.05) is 13.0 Å². The Morgan fingerprint density at radius 1 is 1.08 bits per heavy atom. The van der Waals surface area contributed by atoms with Crippen LogP contribution in [-0.4, -0.2) is 20.5 Å². The van der Waals surface area contributed by atoms with E-state index < -0.39 is 21.0 Å². The summed E-state index contributed by atoms with van der Waals surface area (Å²) in [5.41, 5.74) is 1.79. The van der Waals surface area contributed by atoms with Gasteiger partial charge in [0.1, 0.15) is 0 Å². The Morgan fingerprint density at radius 3 is 2.50 bits per heavy atom. The molecule has 2 aromatic carbocycles. The van der Waals surface area contributed by atoms with Crippen LogP contribution in [0.25, 0.3) is 0 Å². The highest BCUT2D eigenvalue weighted by Gasteiger charge is 2.59. The van der Waals surface area contributed by atoms with E-state index in [2.05, 4.69) is 6.07 Å². The Balaban J connectivity index is 1.69. The summed E-state index contributed by atoms with van der Waals surface area (Å²) in [6, 6.07) is 14.2. The van der Waals surface area contributed by atoms with E-state index in [4.69, 9.17) is 9.47 Å². The van der Waals surface area contributed by atoms with Gasteiger partial charge in [0.25, 0.3) is 0 Å². The zero-order valence-electron chi connectivity index (χ0n) is 13.0. The van der Waals surface area contributed by atoms with Gasteiger partial charge in [-0.1, -0.05) is 23.8 Å². The van der Waals surface area contributed by atoms with E-state index in [-0.39, 0.29) is 17.6 Å². The number of hydrogen-bond acceptors (Lipinski definition) is 5. The largest absolute Gasteiger partial charge is 0.454 e. The van der Waals surface area contributed by atoms with Crippen LogP contribution in [0.1, 0.15) is 17.0 Å². The highest BCUT2D eigenvalue weighted by atomic mass is 32.2. The summed E-state index contributed by atoms with van der Waals surface area (Å²) in [5.74, 6) is 0.362. The number of nitriles is 1. The average Bonchev–Trinajstić information content (AvgIpc) is 3.15. The van der Waals surface area contributed by atoms with Gasteiger partial charge in [0.2, 0.25) is 6.79 Å². The molecule has 1 aliphatic carbocycles. The lowest BCUT2D eigenvalue weighted by molar-refractivity contribution is 0.174. The van der Waals surface area contributed by atoms with Gasteiger partial charge in [-0.3, -0.25) is 0 Å². The highest BCUT2D eigenvalue weighted by Crippen LogP contribution is 2.54. The van der Waals surface area contributed by atoms with Crippen LogP contribution in [0.15, 0.2) is 47.4 Å². The van der Waals surface area contributed by atoms with Crippen molar-refractivity contribution in [3.8, 4) is 17.6 Å². The van der Waals surface area contributed by atoms with Crippen LogP contribution in [0.4, 0.5) is 0 Å². The normalized spacial score (nSPS) is 24.4. The minimum Gasteiger partial charge on any atom is -0.454 e. The van der Waals surface area contributed by atoms with Gasteiger partial charge in [0.15, 0.2) is 21.3 Å². The van der Waals surface area contributed by atoms with Crippen molar-refractivity contribution in [3.05, 3.63) is 53.6 Å². The first-order chi connectivity index (χ1) is 11.5. The lowest BCUT2D eigenvalue weighted by Gasteiger charge is -2.05. The summed E-state index contributed by atoms with van der Waals surface area (Å²) in [4.78, 5) is 0.265. The van der Waals surface area contributed by atoms with Gasteiger partial charge < -0.3 is 9.47 Å². The second-order valence-corrected chi connectivity index (χ2v) is 8.22. The fourth-order valence-corrected chi connectivity index (χ4v) is 5.29. The molecule has 1 fully saturated rings. The lowest BCUT2D eigenvalue weighted by Crippen LogP contribution is -2.10. The summed E-state index contributed by atoms with van der Waals surface area (Å²) in [6.07, 6.45) is 0. The first-order valence-corrected chi connectivity index (χ1v) is 9.17. The minimum atomic E-state index is -3.55. The third kappa shape index (κ3) is 2.24. The third-order valence-electron chi connectivity index (χ3n) is 4.59. The summed E-state index contributed by atoms with van der Waals surface area (Å²) < 4.78 is 36.4. The van der Waals surface area contributed by atoms with Crippen LogP contribution in [0, 0.1) is 24.2 Å².